The van der Waals surface area contributed by atoms with E-state index in [2.05, 4.69) is 54.6 Å². The van der Waals surface area contributed by atoms with E-state index in [9.17, 15) is 4.79 Å². The molecule has 2 aromatic rings. The molecule has 0 aliphatic heterocycles. The van der Waals surface area contributed by atoms with Crippen LogP contribution in [0.3, 0.4) is 0 Å². The number of rotatable bonds is 5. The Balaban J connectivity index is 1.90. The smallest absolute Gasteiger partial charge is 0.320 e. The van der Waals surface area contributed by atoms with E-state index >= 15 is 0 Å². The first-order chi connectivity index (χ1) is 12.2. The molecule has 0 saturated heterocycles. The van der Waals surface area contributed by atoms with Gasteiger partial charge in [-0.3, -0.25) is 9.69 Å². The summed E-state index contributed by atoms with van der Waals surface area (Å²) in [7, 11) is 1.95. The lowest BCUT2D eigenvalue weighted by molar-refractivity contribution is -0.143. The predicted octanol–water partition coefficient (Wildman–Crippen LogP) is 3.71. The first kappa shape index (κ1) is 17.4. The van der Waals surface area contributed by atoms with Crippen molar-refractivity contribution in [3.8, 4) is 0 Å². The molecular weight excluding hydrogens is 310 g/mol. The molecule has 130 valence electrons. The maximum Gasteiger partial charge on any atom is 0.320 e. The van der Waals surface area contributed by atoms with Crippen molar-refractivity contribution in [2.45, 2.75) is 19.8 Å². The highest BCUT2D eigenvalue weighted by Crippen LogP contribution is 2.33. The molecule has 1 aliphatic carbocycles. The number of benzene rings is 2. The summed E-state index contributed by atoms with van der Waals surface area (Å²) in [6.45, 7) is 3.27. The van der Waals surface area contributed by atoms with E-state index in [1.165, 1.54) is 27.8 Å². The fraction of sp³-hybridized carbons (Fsp3) is 0.318. The number of esters is 1. The zero-order valence-corrected chi connectivity index (χ0v) is 15.0. The van der Waals surface area contributed by atoms with Crippen molar-refractivity contribution in [2.75, 3.05) is 26.7 Å². The second-order valence-electron chi connectivity index (χ2n) is 6.43. The zero-order chi connectivity index (χ0) is 17.6. The van der Waals surface area contributed by atoms with Gasteiger partial charge in [-0.05, 0) is 54.6 Å². The third-order valence-electron chi connectivity index (χ3n) is 4.59. The summed E-state index contributed by atoms with van der Waals surface area (Å²) in [5, 5.41) is 0. The average molecular weight is 335 g/mol. The van der Waals surface area contributed by atoms with Crippen molar-refractivity contribution >= 4 is 11.5 Å². The molecule has 25 heavy (non-hydrogen) atoms. The summed E-state index contributed by atoms with van der Waals surface area (Å²) in [4.78, 5) is 13.7. The highest BCUT2D eigenvalue weighted by molar-refractivity contribution is 5.84. The minimum atomic E-state index is -0.176. The fourth-order valence-electron chi connectivity index (χ4n) is 3.38. The summed E-state index contributed by atoms with van der Waals surface area (Å²) in [6, 6.07) is 17.3. The number of hydrogen-bond acceptors (Lipinski definition) is 3. The van der Waals surface area contributed by atoms with Crippen molar-refractivity contribution in [3.05, 3.63) is 76.9 Å². The standard InChI is InChI=1S/C22H25NO2/c1-3-25-22(24)16-23(2)15-14-21-19-10-6-4-8-17(19)12-13-18-9-5-7-11-20(18)21/h4-11,14H,3,12-13,15-16H2,1-2H3. The second-order valence-corrected chi connectivity index (χ2v) is 6.43. The van der Waals surface area contributed by atoms with Crippen molar-refractivity contribution in [1.29, 1.82) is 0 Å². The lowest BCUT2D eigenvalue weighted by atomic mass is 9.94. The number of fused-ring (bicyclic) bond motifs is 2. The molecule has 0 amide bonds. The Labute approximate surface area is 149 Å². The van der Waals surface area contributed by atoms with Gasteiger partial charge in [-0.2, -0.15) is 0 Å². The first-order valence-corrected chi connectivity index (χ1v) is 8.90. The lowest BCUT2D eigenvalue weighted by Gasteiger charge is -2.16. The summed E-state index contributed by atoms with van der Waals surface area (Å²) in [5.74, 6) is -0.176. The maximum absolute atomic E-state index is 11.7. The molecule has 3 rings (SSSR count). The van der Waals surface area contributed by atoms with E-state index in [0.29, 0.717) is 19.7 Å². The van der Waals surface area contributed by atoms with Gasteiger partial charge < -0.3 is 4.74 Å². The van der Waals surface area contributed by atoms with Gasteiger partial charge >= 0.3 is 5.97 Å². The SMILES string of the molecule is CCOC(=O)CN(C)CC=C1c2ccccc2CCc2ccccc21. The van der Waals surface area contributed by atoms with Gasteiger partial charge in [0.05, 0.1) is 13.2 Å². The molecule has 0 atom stereocenters. The van der Waals surface area contributed by atoms with Gasteiger partial charge in [-0.1, -0.05) is 54.6 Å². The summed E-state index contributed by atoms with van der Waals surface area (Å²) >= 11 is 0. The van der Waals surface area contributed by atoms with Crippen LogP contribution >= 0.6 is 0 Å². The number of likely N-dealkylation sites (N-methyl/N-ethyl adjacent to an activating group) is 1. The summed E-state index contributed by atoms with van der Waals surface area (Å²) < 4.78 is 5.04. The maximum atomic E-state index is 11.7. The normalized spacial score (nSPS) is 13.0. The fourth-order valence-corrected chi connectivity index (χ4v) is 3.38. The third kappa shape index (κ3) is 4.18. The van der Waals surface area contributed by atoms with Gasteiger partial charge in [0, 0.05) is 6.54 Å². The van der Waals surface area contributed by atoms with Crippen LogP contribution in [0.4, 0.5) is 0 Å². The minimum Gasteiger partial charge on any atom is -0.465 e. The highest BCUT2D eigenvalue weighted by atomic mass is 16.5. The number of nitrogens with zero attached hydrogens (tertiary/aromatic N) is 1. The summed E-state index contributed by atoms with van der Waals surface area (Å²) in [6.07, 6.45) is 4.36. The van der Waals surface area contributed by atoms with Crippen LogP contribution in [0.5, 0.6) is 0 Å². The Morgan fingerprint density at radius 1 is 1.04 bits per heavy atom. The monoisotopic (exact) mass is 335 g/mol. The third-order valence-corrected chi connectivity index (χ3v) is 4.59. The van der Waals surface area contributed by atoms with Crippen LogP contribution in [0.2, 0.25) is 0 Å². The molecular formula is C22H25NO2. The van der Waals surface area contributed by atoms with Crippen LogP contribution in [-0.4, -0.2) is 37.6 Å². The van der Waals surface area contributed by atoms with Crippen LogP contribution in [0, 0.1) is 0 Å². The molecule has 0 radical (unpaired) electrons. The Bertz CT molecular complexity index is 730. The van der Waals surface area contributed by atoms with Crippen LogP contribution in [0.15, 0.2) is 54.6 Å². The average Bonchev–Trinajstić information content (AvgIpc) is 2.77. The number of carbonyl (C=O) groups excluding carboxylic acids is 1. The molecule has 0 bridgehead atoms. The van der Waals surface area contributed by atoms with Gasteiger partial charge in [0.1, 0.15) is 0 Å². The van der Waals surface area contributed by atoms with Crippen LogP contribution in [0.25, 0.3) is 5.57 Å². The Morgan fingerprint density at radius 2 is 1.60 bits per heavy atom. The number of aryl methyl sites for hydroxylation is 2. The van der Waals surface area contributed by atoms with Crippen molar-refractivity contribution in [2.24, 2.45) is 0 Å². The number of carbonyl (C=O) groups is 1. The first-order valence-electron chi connectivity index (χ1n) is 8.90. The molecule has 0 fully saturated rings. The second kappa shape index (κ2) is 8.13. The molecule has 2 aromatic carbocycles. The Kier molecular flexibility index (Phi) is 5.67. The minimum absolute atomic E-state index is 0.176. The van der Waals surface area contributed by atoms with Crippen LogP contribution < -0.4 is 0 Å². The van der Waals surface area contributed by atoms with Crippen molar-refractivity contribution in [3.63, 3.8) is 0 Å². The molecule has 0 saturated carbocycles. The van der Waals surface area contributed by atoms with E-state index in [-0.39, 0.29) is 5.97 Å². The quantitative estimate of drug-likeness (QED) is 0.780. The van der Waals surface area contributed by atoms with Gasteiger partial charge in [-0.15, -0.1) is 0 Å². The van der Waals surface area contributed by atoms with Gasteiger partial charge in [0.25, 0.3) is 0 Å². The largest absolute Gasteiger partial charge is 0.465 e. The molecule has 1 aliphatic rings. The number of ether oxygens (including phenoxy) is 1. The van der Waals surface area contributed by atoms with Gasteiger partial charge in [0.15, 0.2) is 0 Å². The van der Waals surface area contributed by atoms with Crippen LogP contribution in [-0.2, 0) is 22.4 Å². The van der Waals surface area contributed by atoms with E-state index in [0.717, 1.165) is 12.8 Å². The topological polar surface area (TPSA) is 29.5 Å². The molecule has 0 spiro atoms. The van der Waals surface area contributed by atoms with E-state index < -0.39 is 0 Å². The molecule has 3 nitrogen and oxygen atoms in total. The van der Waals surface area contributed by atoms with E-state index in [1.54, 1.807) is 0 Å². The van der Waals surface area contributed by atoms with Crippen molar-refractivity contribution in [1.82, 2.24) is 4.90 Å². The number of hydrogen-bond donors (Lipinski definition) is 0. The van der Waals surface area contributed by atoms with Gasteiger partial charge in [-0.25, -0.2) is 0 Å². The summed E-state index contributed by atoms with van der Waals surface area (Å²) in [5.41, 5.74) is 6.64. The molecule has 3 heteroatoms. The van der Waals surface area contributed by atoms with Gasteiger partial charge in [0.2, 0.25) is 0 Å². The lowest BCUT2D eigenvalue weighted by Crippen LogP contribution is -2.27. The molecule has 0 aromatic heterocycles. The highest BCUT2D eigenvalue weighted by Gasteiger charge is 2.17. The Morgan fingerprint density at radius 3 is 2.16 bits per heavy atom. The van der Waals surface area contributed by atoms with E-state index in [4.69, 9.17) is 4.74 Å². The molecule has 0 heterocycles. The van der Waals surface area contributed by atoms with Crippen molar-refractivity contribution < 1.29 is 9.53 Å². The zero-order valence-electron chi connectivity index (χ0n) is 15.0. The van der Waals surface area contributed by atoms with Crippen LogP contribution in [0.1, 0.15) is 29.2 Å². The Hall–Kier alpha value is -2.39. The molecule has 0 unspecified atom stereocenters. The predicted molar refractivity (Wildman–Crippen MR) is 102 cm³/mol. The van der Waals surface area contributed by atoms with E-state index in [1.807, 2.05) is 18.9 Å². The molecule has 0 N–H and O–H groups in total.